The minimum atomic E-state index is -5.20. The minimum absolute atomic E-state index is 2.12. The average molecular weight is 340 g/mol. The van der Waals surface area contributed by atoms with E-state index in [-0.39, 0.29) is 0 Å². The van der Waals surface area contributed by atoms with Gasteiger partial charge in [-0.25, -0.2) is 9.13 Å². The summed E-state index contributed by atoms with van der Waals surface area (Å²) < 4.78 is 29.4. The first-order valence-corrected chi connectivity index (χ1v) is 8.10. The van der Waals surface area contributed by atoms with Gasteiger partial charge in [-0.3, -0.25) is 9.05 Å². The molecule has 0 aliphatic heterocycles. The summed E-state index contributed by atoms with van der Waals surface area (Å²) in [7, 11) is -10.4. The van der Waals surface area contributed by atoms with Gasteiger partial charge in [0.05, 0.1) is 0 Å². The van der Waals surface area contributed by atoms with E-state index in [4.69, 9.17) is 19.6 Å². The van der Waals surface area contributed by atoms with Gasteiger partial charge < -0.3 is 40.0 Å². The van der Waals surface area contributed by atoms with Crippen LogP contribution in [0.5, 0.6) is 0 Å². The summed E-state index contributed by atoms with van der Waals surface area (Å²) in [5.41, 5.74) is 0. The van der Waals surface area contributed by atoms with Crippen molar-refractivity contribution in [1.29, 1.82) is 0 Å². The van der Waals surface area contributed by atoms with Crippen molar-refractivity contribution in [1.82, 2.24) is 0 Å². The molecule has 0 unspecified atom stereocenters. The number of phosphoric ester groups is 2. The van der Waals surface area contributed by atoms with Gasteiger partial charge >= 0.3 is 15.6 Å². The highest BCUT2D eigenvalue weighted by atomic mass is 31.2. The maximum absolute atomic E-state index is 10.7. The fourth-order valence-corrected chi connectivity index (χ4v) is 2.88. The fraction of sp³-hybridized carbons (Fsp3) is 1.00. The van der Waals surface area contributed by atoms with Crippen molar-refractivity contribution in [2.45, 2.75) is 36.6 Å². The van der Waals surface area contributed by atoms with Gasteiger partial charge in [0, 0.05) is 0 Å². The molecule has 1 rings (SSSR count). The molecule has 0 spiro atoms. The molecule has 12 nitrogen and oxygen atoms in total. The molecule has 0 heterocycles. The van der Waals surface area contributed by atoms with Crippen LogP contribution in [0.3, 0.4) is 0 Å². The molecular formula is C6H14O12P2. The number of rotatable bonds is 4. The Hall–Kier alpha value is 0.0600. The van der Waals surface area contributed by atoms with E-state index in [2.05, 4.69) is 9.05 Å². The zero-order valence-electron chi connectivity index (χ0n) is 9.57. The Bertz CT molecular complexity index is 390. The van der Waals surface area contributed by atoms with E-state index in [0.717, 1.165) is 0 Å². The van der Waals surface area contributed by atoms with Crippen molar-refractivity contribution in [3.8, 4) is 0 Å². The lowest BCUT2D eigenvalue weighted by atomic mass is 9.85. The van der Waals surface area contributed by atoms with Crippen LogP contribution in [0.4, 0.5) is 0 Å². The largest absolute Gasteiger partial charge is 0.470 e. The van der Waals surface area contributed by atoms with Gasteiger partial charge in [0.1, 0.15) is 36.6 Å². The number of hydrogen-bond acceptors (Lipinski definition) is 8. The molecule has 0 bridgehead atoms. The lowest BCUT2D eigenvalue weighted by Gasteiger charge is -2.42. The highest BCUT2D eigenvalue weighted by molar-refractivity contribution is 7.46. The molecule has 0 aromatic carbocycles. The molecule has 20 heavy (non-hydrogen) atoms. The van der Waals surface area contributed by atoms with E-state index in [1.54, 1.807) is 0 Å². The summed E-state index contributed by atoms with van der Waals surface area (Å²) in [6.07, 6.45) is -12.8. The smallest absolute Gasteiger partial charge is 0.387 e. The highest BCUT2D eigenvalue weighted by Crippen LogP contribution is 2.45. The predicted molar refractivity (Wildman–Crippen MR) is 57.9 cm³/mol. The summed E-state index contributed by atoms with van der Waals surface area (Å²) in [5, 5.41) is 38.0. The Kier molecular flexibility index (Phi) is 5.48. The first kappa shape index (κ1) is 18.1. The Morgan fingerprint density at radius 1 is 0.600 bits per heavy atom. The van der Waals surface area contributed by atoms with Gasteiger partial charge in [0.15, 0.2) is 0 Å². The maximum Gasteiger partial charge on any atom is 0.470 e. The Morgan fingerprint density at radius 2 is 0.900 bits per heavy atom. The molecule has 8 N–H and O–H groups in total. The van der Waals surface area contributed by atoms with E-state index in [0.29, 0.717) is 0 Å². The molecule has 1 aliphatic rings. The second kappa shape index (κ2) is 6.05. The molecule has 0 aromatic rings. The molecule has 14 heteroatoms. The van der Waals surface area contributed by atoms with Gasteiger partial charge in [-0.15, -0.1) is 0 Å². The summed E-state index contributed by atoms with van der Waals surface area (Å²) >= 11 is 0. The SMILES string of the molecule is O=P(O)(O)O[C@@H]1[C@@H](O)[C@@H](OP(=O)(O)O)[C@@H](O)[C@H](O)[C@H]1O. The first-order chi connectivity index (χ1) is 8.83. The van der Waals surface area contributed by atoms with Crippen molar-refractivity contribution in [3.05, 3.63) is 0 Å². The third-order valence-corrected chi connectivity index (χ3v) is 3.60. The van der Waals surface area contributed by atoms with Crippen molar-refractivity contribution < 1.29 is 58.2 Å². The van der Waals surface area contributed by atoms with Gasteiger partial charge in [0.2, 0.25) is 0 Å². The van der Waals surface area contributed by atoms with Crippen LogP contribution in [0.2, 0.25) is 0 Å². The normalized spacial score (nSPS) is 39.8. The second-order valence-electron chi connectivity index (χ2n) is 4.08. The topological polar surface area (TPSA) is 214 Å². The van der Waals surface area contributed by atoms with Crippen molar-refractivity contribution >= 4 is 15.6 Å². The number of hydrogen-bond donors (Lipinski definition) is 8. The molecule has 0 amide bonds. The van der Waals surface area contributed by atoms with Crippen LogP contribution in [0.1, 0.15) is 0 Å². The Labute approximate surface area is 111 Å². The average Bonchev–Trinajstić information content (AvgIpc) is 2.25. The first-order valence-electron chi connectivity index (χ1n) is 5.03. The Balaban J connectivity index is 3.02. The quantitative estimate of drug-likeness (QED) is 0.233. The lowest BCUT2D eigenvalue weighted by molar-refractivity contribution is -0.215. The number of phosphoric acid groups is 2. The van der Waals surface area contributed by atoms with Crippen molar-refractivity contribution in [2.24, 2.45) is 0 Å². The van der Waals surface area contributed by atoms with Crippen molar-refractivity contribution in [2.75, 3.05) is 0 Å². The van der Waals surface area contributed by atoms with Crippen LogP contribution in [0.25, 0.3) is 0 Å². The molecule has 6 atom stereocenters. The summed E-state index contributed by atoms with van der Waals surface area (Å²) in [6, 6.07) is 0. The molecule has 0 aromatic heterocycles. The van der Waals surface area contributed by atoms with Crippen LogP contribution in [-0.4, -0.2) is 76.6 Å². The summed E-state index contributed by atoms with van der Waals surface area (Å²) in [4.78, 5) is 34.4. The molecule has 1 fully saturated rings. The molecule has 1 saturated carbocycles. The number of aliphatic hydroxyl groups excluding tert-OH is 4. The molecule has 0 saturated heterocycles. The molecule has 0 radical (unpaired) electrons. The minimum Gasteiger partial charge on any atom is -0.387 e. The van der Waals surface area contributed by atoms with Crippen LogP contribution in [-0.2, 0) is 18.2 Å². The van der Waals surface area contributed by atoms with Gasteiger partial charge in [-0.1, -0.05) is 0 Å². The van der Waals surface area contributed by atoms with Gasteiger partial charge in [0.25, 0.3) is 0 Å². The van der Waals surface area contributed by atoms with E-state index < -0.39 is 52.3 Å². The monoisotopic (exact) mass is 340 g/mol. The van der Waals surface area contributed by atoms with Crippen LogP contribution in [0.15, 0.2) is 0 Å². The van der Waals surface area contributed by atoms with Gasteiger partial charge in [-0.2, -0.15) is 0 Å². The van der Waals surface area contributed by atoms with Crippen LogP contribution in [0, 0.1) is 0 Å². The maximum atomic E-state index is 10.7. The van der Waals surface area contributed by atoms with E-state index in [9.17, 15) is 29.6 Å². The predicted octanol–water partition coefficient (Wildman–Crippen LogP) is -3.60. The fourth-order valence-electron chi connectivity index (χ4n) is 1.75. The van der Waals surface area contributed by atoms with E-state index in [1.165, 1.54) is 0 Å². The highest BCUT2D eigenvalue weighted by Gasteiger charge is 2.53. The van der Waals surface area contributed by atoms with E-state index >= 15 is 0 Å². The van der Waals surface area contributed by atoms with Crippen LogP contribution < -0.4 is 0 Å². The third-order valence-electron chi connectivity index (χ3n) is 2.56. The van der Waals surface area contributed by atoms with Crippen molar-refractivity contribution in [3.63, 3.8) is 0 Å². The summed E-state index contributed by atoms with van der Waals surface area (Å²) in [5.74, 6) is 0. The molecular weight excluding hydrogens is 326 g/mol. The Morgan fingerprint density at radius 3 is 1.15 bits per heavy atom. The van der Waals surface area contributed by atoms with Crippen LogP contribution >= 0.6 is 15.6 Å². The molecule has 120 valence electrons. The third kappa shape index (κ3) is 4.53. The summed E-state index contributed by atoms with van der Waals surface area (Å²) in [6.45, 7) is 0. The number of aliphatic hydroxyl groups is 4. The standard InChI is InChI=1S/C6H14O12P2/c7-1-2(8)5(17-19(11,12)13)4(10)6(3(1)9)18-20(14,15)16/h1-10H,(H2,11,12,13)(H2,14,15,16)/t1-,2-,3+,4-,5-,6-/m0/s1. The lowest BCUT2D eigenvalue weighted by Crippen LogP contribution is -2.64. The zero-order chi connectivity index (χ0) is 15.9. The zero-order valence-corrected chi connectivity index (χ0v) is 11.4. The van der Waals surface area contributed by atoms with E-state index in [1.807, 2.05) is 0 Å². The second-order valence-corrected chi connectivity index (χ2v) is 6.47. The van der Waals surface area contributed by atoms with Gasteiger partial charge in [-0.05, 0) is 0 Å². The molecule has 1 aliphatic carbocycles.